The van der Waals surface area contributed by atoms with Gasteiger partial charge < -0.3 is 18.9 Å². The molecule has 1 aliphatic carbocycles. The van der Waals surface area contributed by atoms with Gasteiger partial charge in [0.1, 0.15) is 16.4 Å². The van der Waals surface area contributed by atoms with Gasteiger partial charge in [0.25, 0.3) is 11.9 Å². The van der Waals surface area contributed by atoms with Crippen LogP contribution >= 0.6 is 11.3 Å². The highest BCUT2D eigenvalue weighted by Crippen LogP contribution is 2.40. The van der Waals surface area contributed by atoms with Crippen molar-refractivity contribution in [1.29, 1.82) is 0 Å². The SMILES string of the molecule is COC1(OC)C=c2c(Oc3ccc(OC(F)(F)F)cc3)c(C(=O)Nc3nn[nH]n3)sc2=CC1(C)C. The zero-order chi connectivity index (χ0) is 25.4. The number of alkyl halides is 3. The first-order chi connectivity index (χ1) is 16.5. The summed E-state index contributed by atoms with van der Waals surface area (Å²) in [4.78, 5) is 13.2. The van der Waals surface area contributed by atoms with Crippen molar-refractivity contribution in [3.05, 3.63) is 38.9 Å². The van der Waals surface area contributed by atoms with E-state index >= 15 is 0 Å². The fourth-order valence-corrected chi connectivity index (χ4v) is 4.90. The van der Waals surface area contributed by atoms with Crippen molar-refractivity contribution >= 4 is 35.3 Å². The molecule has 1 aliphatic rings. The number of H-pyrrole nitrogens is 1. The van der Waals surface area contributed by atoms with E-state index in [1.54, 1.807) is 6.08 Å². The van der Waals surface area contributed by atoms with E-state index < -0.39 is 29.2 Å². The van der Waals surface area contributed by atoms with Gasteiger partial charge in [0.2, 0.25) is 0 Å². The average molecular weight is 511 g/mol. The standard InChI is InChI=1S/C21H20F3N5O5S/c1-19(2)10-14-13(9-20(19,31-3)32-4)15(16(35-14)17(30)25-18-26-28-29-27-18)33-11-5-7-12(8-6-11)34-21(22,23)24/h5-10H,1-4H3,(H2,25,26,27,28,29,30). The second-order valence-electron chi connectivity index (χ2n) is 7.94. The third-order valence-corrected chi connectivity index (χ3v) is 6.45. The molecule has 2 aromatic heterocycles. The molecule has 2 heterocycles. The summed E-state index contributed by atoms with van der Waals surface area (Å²) < 4.78 is 59.5. The van der Waals surface area contributed by atoms with Gasteiger partial charge in [-0.05, 0) is 35.6 Å². The highest BCUT2D eigenvalue weighted by Gasteiger charge is 2.45. The first kappa shape index (κ1) is 24.6. The van der Waals surface area contributed by atoms with Gasteiger partial charge in [0.15, 0.2) is 11.5 Å². The summed E-state index contributed by atoms with van der Waals surface area (Å²) in [5.41, 5.74) is -0.621. The predicted octanol–water partition coefficient (Wildman–Crippen LogP) is 2.79. The van der Waals surface area contributed by atoms with Crippen LogP contribution in [0.3, 0.4) is 0 Å². The van der Waals surface area contributed by atoms with Crippen molar-refractivity contribution in [2.24, 2.45) is 5.41 Å². The normalized spacial score (nSPS) is 16.0. The van der Waals surface area contributed by atoms with Gasteiger partial charge in [0, 0.05) is 29.4 Å². The van der Waals surface area contributed by atoms with Crippen molar-refractivity contribution in [3.8, 4) is 17.2 Å². The minimum Gasteiger partial charge on any atom is -0.455 e. The maximum atomic E-state index is 13.1. The number of rotatable bonds is 7. The third-order valence-electron chi connectivity index (χ3n) is 5.31. The number of ether oxygens (including phenoxy) is 4. The van der Waals surface area contributed by atoms with Crippen molar-refractivity contribution in [2.45, 2.75) is 26.0 Å². The van der Waals surface area contributed by atoms with E-state index in [1.807, 2.05) is 19.9 Å². The van der Waals surface area contributed by atoms with E-state index in [2.05, 4.69) is 30.7 Å². The van der Waals surface area contributed by atoms with Crippen LogP contribution < -0.4 is 24.5 Å². The molecule has 10 nitrogen and oxygen atoms in total. The zero-order valence-electron chi connectivity index (χ0n) is 18.9. The smallest absolute Gasteiger partial charge is 0.455 e. The Morgan fingerprint density at radius 2 is 1.74 bits per heavy atom. The quantitative estimate of drug-likeness (QED) is 0.465. The Hall–Kier alpha value is -3.49. The summed E-state index contributed by atoms with van der Waals surface area (Å²) in [6, 6.07) is 4.80. The first-order valence-corrected chi connectivity index (χ1v) is 10.9. The molecule has 0 aliphatic heterocycles. The van der Waals surface area contributed by atoms with Gasteiger partial charge in [0.05, 0.1) is 0 Å². The molecule has 0 saturated carbocycles. The maximum absolute atomic E-state index is 13.1. The zero-order valence-corrected chi connectivity index (χ0v) is 19.7. The molecule has 35 heavy (non-hydrogen) atoms. The second-order valence-corrected chi connectivity index (χ2v) is 8.99. The highest BCUT2D eigenvalue weighted by molar-refractivity contribution is 7.12. The maximum Gasteiger partial charge on any atom is 0.573 e. The lowest BCUT2D eigenvalue weighted by molar-refractivity contribution is -0.274. The molecule has 0 fully saturated rings. The summed E-state index contributed by atoms with van der Waals surface area (Å²) in [5, 5.41) is 16.1. The first-order valence-electron chi connectivity index (χ1n) is 10.0. The number of hydrogen-bond donors (Lipinski definition) is 2. The molecule has 0 unspecified atom stereocenters. The number of thiophene rings is 1. The highest BCUT2D eigenvalue weighted by atomic mass is 32.1. The molecule has 0 saturated heterocycles. The van der Waals surface area contributed by atoms with Crippen LogP contribution in [0.25, 0.3) is 12.2 Å². The lowest BCUT2D eigenvalue weighted by Crippen LogP contribution is -2.51. The number of amides is 1. The largest absolute Gasteiger partial charge is 0.573 e. The van der Waals surface area contributed by atoms with Gasteiger partial charge in [-0.2, -0.15) is 5.21 Å². The molecular weight excluding hydrogens is 491 g/mol. The van der Waals surface area contributed by atoms with Crippen LogP contribution in [-0.2, 0) is 9.47 Å². The van der Waals surface area contributed by atoms with E-state index in [0.29, 0.717) is 9.75 Å². The number of aromatic amines is 1. The Morgan fingerprint density at radius 1 is 1.09 bits per heavy atom. The van der Waals surface area contributed by atoms with Gasteiger partial charge in [-0.15, -0.1) is 29.6 Å². The van der Waals surface area contributed by atoms with E-state index in [4.69, 9.17) is 14.2 Å². The number of carbonyl (C=O) groups excluding carboxylic acids is 1. The molecule has 186 valence electrons. The molecule has 1 aromatic carbocycles. The molecule has 14 heteroatoms. The monoisotopic (exact) mass is 511 g/mol. The summed E-state index contributed by atoms with van der Waals surface area (Å²) in [7, 11) is 2.99. The van der Waals surface area contributed by atoms with E-state index in [-0.39, 0.29) is 22.3 Å². The van der Waals surface area contributed by atoms with Crippen LogP contribution in [0.2, 0.25) is 0 Å². The van der Waals surface area contributed by atoms with Crippen LogP contribution in [0.5, 0.6) is 17.2 Å². The topological polar surface area (TPSA) is 120 Å². The Kier molecular flexibility index (Phi) is 6.29. The Bertz CT molecular complexity index is 1330. The van der Waals surface area contributed by atoms with Crippen molar-refractivity contribution in [3.63, 3.8) is 0 Å². The fraction of sp³-hybridized carbons (Fsp3) is 0.333. The number of nitrogens with one attached hydrogen (secondary N) is 2. The number of nitrogens with zero attached hydrogens (tertiary/aromatic N) is 3. The molecule has 0 atom stereocenters. The minimum absolute atomic E-state index is 0.0441. The molecule has 2 N–H and O–H groups in total. The van der Waals surface area contributed by atoms with Gasteiger partial charge >= 0.3 is 6.36 Å². The molecule has 4 rings (SSSR count). The lowest BCUT2D eigenvalue weighted by Gasteiger charge is -2.41. The number of fused-ring (bicyclic) bond motifs is 1. The number of hydrogen-bond acceptors (Lipinski definition) is 9. The van der Waals surface area contributed by atoms with Gasteiger partial charge in [-0.3, -0.25) is 10.1 Å². The molecule has 0 radical (unpaired) electrons. The third kappa shape index (κ3) is 4.85. The Morgan fingerprint density at radius 3 is 2.31 bits per heavy atom. The summed E-state index contributed by atoms with van der Waals surface area (Å²) in [6.45, 7) is 3.83. The number of carbonyl (C=O) groups is 1. The van der Waals surface area contributed by atoms with Crippen LogP contribution in [0.15, 0.2) is 24.3 Å². The van der Waals surface area contributed by atoms with Crippen molar-refractivity contribution < 1.29 is 36.9 Å². The number of benzene rings is 1. The van der Waals surface area contributed by atoms with Crippen LogP contribution in [0.4, 0.5) is 19.1 Å². The molecule has 1 amide bonds. The van der Waals surface area contributed by atoms with Crippen LogP contribution in [0.1, 0.15) is 23.5 Å². The number of anilines is 1. The summed E-state index contributed by atoms with van der Waals surface area (Å²) >= 11 is 1.15. The van der Waals surface area contributed by atoms with E-state index in [1.165, 1.54) is 26.4 Å². The van der Waals surface area contributed by atoms with Gasteiger partial charge in [-0.25, -0.2) is 0 Å². The Labute approximate surface area is 200 Å². The molecule has 0 bridgehead atoms. The number of tetrazole rings is 1. The number of aromatic nitrogens is 4. The second kappa shape index (κ2) is 8.94. The Balaban J connectivity index is 1.80. The summed E-state index contributed by atoms with van der Waals surface area (Å²) in [6.07, 6.45) is -1.21. The average Bonchev–Trinajstić information content (AvgIpc) is 3.40. The minimum atomic E-state index is -4.82. The molecular formula is C21H20F3N5O5S. The lowest BCUT2D eigenvalue weighted by atomic mass is 9.80. The fourth-order valence-electron chi connectivity index (χ4n) is 3.67. The van der Waals surface area contributed by atoms with E-state index in [0.717, 1.165) is 23.5 Å². The van der Waals surface area contributed by atoms with Crippen molar-refractivity contribution in [1.82, 2.24) is 20.6 Å². The predicted molar refractivity (Wildman–Crippen MR) is 118 cm³/mol. The molecule has 0 spiro atoms. The van der Waals surface area contributed by atoms with Crippen molar-refractivity contribution in [2.75, 3.05) is 19.5 Å². The molecule has 3 aromatic rings. The number of methoxy groups -OCH3 is 2. The van der Waals surface area contributed by atoms with Crippen LogP contribution in [0, 0.1) is 5.41 Å². The van der Waals surface area contributed by atoms with Crippen LogP contribution in [-0.4, -0.2) is 52.9 Å². The van der Waals surface area contributed by atoms with Gasteiger partial charge in [-0.1, -0.05) is 25.0 Å². The number of halogens is 3. The van der Waals surface area contributed by atoms with E-state index in [9.17, 15) is 18.0 Å². The summed E-state index contributed by atoms with van der Waals surface area (Å²) in [5.74, 6) is -1.87.